The highest BCUT2D eigenvalue weighted by Crippen LogP contribution is 2.28. The number of rotatable bonds is 3. The number of hydrogen-bond donors (Lipinski definition) is 3. The van der Waals surface area contributed by atoms with Crippen LogP contribution < -0.4 is 5.32 Å². The summed E-state index contributed by atoms with van der Waals surface area (Å²) in [4.78, 5) is 7.27. The zero-order chi connectivity index (χ0) is 18.3. The summed E-state index contributed by atoms with van der Waals surface area (Å²) in [6, 6.07) is 10.3. The molecule has 136 valence electrons. The van der Waals surface area contributed by atoms with Crippen LogP contribution in [-0.2, 0) is 6.54 Å². The molecule has 0 aliphatic carbocycles. The molecule has 1 fully saturated rings. The summed E-state index contributed by atoms with van der Waals surface area (Å²) >= 11 is 0. The minimum atomic E-state index is 0.260. The summed E-state index contributed by atoms with van der Waals surface area (Å²) in [5.74, 6) is 0.260. The summed E-state index contributed by atoms with van der Waals surface area (Å²) in [7, 11) is 0. The minimum Gasteiger partial charge on any atom is -0.508 e. The molecular weight excluding hydrogens is 326 g/mol. The molecule has 0 spiro atoms. The topological polar surface area (TPSA) is 77.1 Å². The molecule has 6 nitrogen and oxygen atoms in total. The summed E-state index contributed by atoms with van der Waals surface area (Å²) < 4.78 is 0. The number of nitrogens with zero attached hydrogens (tertiary/aromatic N) is 3. The molecule has 1 saturated heterocycles. The average Bonchev–Trinajstić information content (AvgIpc) is 3.00. The average molecular weight is 351 g/mol. The molecule has 0 bridgehead atoms. The Morgan fingerprint density at radius 2 is 2.00 bits per heavy atom. The first-order valence-electron chi connectivity index (χ1n) is 9.12. The van der Waals surface area contributed by atoms with E-state index >= 15 is 0 Å². The van der Waals surface area contributed by atoms with Gasteiger partial charge < -0.3 is 10.4 Å². The number of phenolic OH excluding ortho intramolecular Hbond substituents is 1. The van der Waals surface area contributed by atoms with Crippen LogP contribution in [0.25, 0.3) is 22.3 Å². The van der Waals surface area contributed by atoms with Crippen molar-refractivity contribution >= 4 is 11.0 Å². The Bertz CT molecular complexity index is 918. The number of aryl methyl sites for hydroxylation is 1. The van der Waals surface area contributed by atoms with Gasteiger partial charge in [0.1, 0.15) is 5.75 Å². The maximum absolute atomic E-state index is 9.55. The molecule has 2 aromatic heterocycles. The Kier molecular flexibility index (Phi) is 4.38. The third-order valence-corrected chi connectivity index (χ3v) is 5.22. The van der Waals surface area contributed by atoms with E-state index in [0.29, 0.717) is 12.1 Å². The predicted octanol–water partition coefficient (Wildman–Crippen LogP) is 2.82. The van der Waals surface area contributed by atoms with E-state index in [2.05, 4.69) is 40.3 Å². The third-order valence-electron chi connectivity index (χ3n) is 5.22. The molecule has 3 heterocycles. The number of phenols is 1. The zero-order valence-corrected chi connectivity index (χ0v) is 15.5. The van der Waals surface area contributed by atoms with E-state index in [0.717, 1.165) is 47.6 Å². The fourth-order valence-electron chi connectivity index (χ4n) is 3.72. The van der Waals surface area contributed by atoms with Gasteiger partial charge >= 0.3 is 0 Å². The molecule has 1 aliphatic heterocycles. The number of fused-ring (bicyclic) bond motifs is 1. The summed E-state index contributed by atoms with van der Waals surface area (Å²) in [5, 5.41) is 21.6. The number of pyridine rings is 1. The van der Waals surface area contributed by atoms with Gasteiger partial charge in [0.2, 0.25) is 0 Å². The lowest BCUT2D eigenvalue weighted by atomic mass is 10.0. The van der Waals surface area contributed by atoms with Crippen molar-refractivity contribution in [2.45, 2.75) is 39.4 Å². The molecule has 3 N–H and O–H groups in total. The second-order valence-electron chi connectivity index (χ2n) is 7.33. The van der Waals surface area contributed by atoms with Gasteiger partial charge in [0.15, 0.2) is 5.65 Å². The van der Waals surface area contributed by atoms with E-state index in [4.69, 9.17) is 4.98 Å². The molecule has 0 unspecified atom stereocenters. The first-order chi connectivity index (χ1) is 12.5. The molecule has 3 aromatic rings. The fourth-order valence-corrected chi connectivity index (χ4v) is 3.72. The van der Waals surface area contributed by atoms with E-state index in [1.807, 2.05) is 19.1 Å². The van der Waals surface area contributed by atoms with E-state index in [-0.39, 0.29) is 5.75 Å². The van der Waals surface area contributed by atoms with Crippen molar-refractivity contribution in [1.82, 2.24) is 25.4 Å². The van der Waals surface area contributed by atoms with Crippen LogP contribution in [0.3, 0.4) is 0 Å². The summed E-state index contributed by atoms with van der Waals surface area (Å²) in [5.41, 5.74) is 4.92. The van der Waals surface area contributed by atoms with Gasteiger partial charge in [-0.25, -0.2) is 4.98 Å². The monoisotopic (exact) mass is 351 g/mol. The number of benzene rings is 1. The van der Waals surface area contributed by atoms with Gasteiger partial charge in [0, 0.05) is 42.7 Å². The molecule has 2 atom stereocenters. The third kappa shape index (κ3) is 3.18. The van der Waals surface area contributed by atoms with Gasteiger partial charge in [-0.2, -0.15) is 5.10 Å². The molecule has 0 radical (unpaired) electrons. The van der Waals surface area contributed by atoms with Gasteiger partial charge in [-0.05, 0) is 56.7 Å². The molecular formula is C20H25N5O. The predicted molar refractivity (Wildman–Crippen MR) is 103 cm³/mol. The minimum absolute atomic E-state index is 0.260. The highest BCUT2D eigenvalue weighted by atomic mass is 16.3. The van der Waals surface area contributed by atoms with E-state index in [1.54, 1.807) is 12.1 Å². The van der Waals surface area contributed by atoms with Crippen LogP contribution in [0.1, 0.15) is 25.1 Å². The van der Waals surface area contributed by atoms with Crippen molar-refractivity contribution in [3.8, 4) is 17.0 Å². The second-order valence-corrected chi connectivity index (χ2v) is 7.33. The Morgan fingerprint density at radius 3 is 2.77 bits per heavy atom. The van der Waals surface area contributed by atoms with Gasteiger partial charge in [-0.15, -0.1) is 0 Å². The second kappa shape index (κ2) is 6.70. The van der Waals surface area contributed by atoms with Crippen molar-refractivity contribution in [3.63, 3.8) is 0 Å². The Balaban J connectivity index is 1.76. The number of piperazine rings is 1. The first kappa shape index (κ1) is 17.0. The number of aromatic amines is 1. The first-order valence-corrected chi connectivity index (χ1v) is 9.12. The van der Waals surface area contributed by atoms with Crippen molar-refractivity contribution in [3.05, 3.63) is 41.6 Å². The Hall–Kier alpha value is -2.44. The zero-order valence-electron chi connectivity index (χ0n) is 15.5. The van der Waals surface area contributed by atoms with Crippen LogP contribution in [0.5, 0.6) is 5.75 Å². The number of aromatic hydroxyl groups is 1. The van der Waals surface area contributed by atoms with E-state index in [1.165, 1.54) is 5.56 Å². The maximum Gasteiger partial charge on any atom is 0.156 e. The van der Waals surface area contributed by atoms with Crippen molar-refractivity contribution < 1.29 is 5.11 Å². The van der Waals surface area contributed by atoms with Crippen LogP contribution in [0, 0.1) is 6.92 Å². The van der Waals surface area contributed by atoms with Gasteiger partial charge in [-0.1, -0.05) is 0 Å². The summed E-state index contributed by atoms with van der Waals surface area (Å²) in [6.45, 7) is 9.42. The number of hydrogen-bond acceptors (Lipinski definition) is 5. The van der Waals surface area contributed by atoms with E-state index in [9.17, 15) is 5.11 Å². The molecule has 0 amide bonds. The molecule has 6 heteroatoms. The van der Waals surface area contributed by atoms with Crippen LogP contribution in [-0.4, -0.2) is 50.4 Å². The Labute approximate surface area is 153 Å². The molecule has 1 aliphatic rings. The SMILES string of the molecule is Cc1n[nH]c2nc(-c3ccc(O)cc3)cc(CN3C[C@@H](C)NC[C@@H]3C)c12. The lowest BCUT2D eigenvalue weighted by Crippen LogP contribution is -2.53. The molecule has 0 saturated carbocycles. The molecule has 1 aromatic carbocycles. The molecule has 4 rings (SSSR count). The molecule has 26 heavy (non-hydrogen) atoms. The van der Waals surface area contributed by atoms with Crippen LogP contribution >= 0.6 is 0 Å². The smallest absolute Gasteiger partial charge is 0.156 e. The Morgan fingerprint density at radius 1 is 1.23 bits per heavy atom. The van der Waals surface area contributed by atoms with Gasteiger partial charge in [0.05, 0.1) is 11.4 Å². The highest BCUT2D eigenvalue weighted by molar-refractivity contribution is 5.84. The fraction of sp³-hybridized carbons (Fsp3) is 0.400. The van der Waals surface area contributed by atoms with Crippen molar-refractivity contribution in [2.24, 2.45) is 0 Å². The summed E-state index contributed by atoms with van der Waals surface area (Å²) in [6.07, 6.45) is 0. The normalized spacial score (nSPS) is 21.3. The number of H-pyrrole nitrogens is 1. The number of aromatic nitrogens is 3. The van der Waals surface area contributed by atoms with Crippen LogP contribution in [0.15, 0.2) is 30.3 Å². The van der Waals surface area contributed by atoms with Crippen LogP contribution in [0.4, 0.5) is 0 Å². The van der Waals surface area contributed by atoms with Crippen molar-refractivity contribution in [2.75, 3.05) is 13.1 Å². The van der Waals surface area contributed by atoms with Crippen LogP contribution in [0.2, 0.25) is 0 Å². The standard InChI is InChI=1S/C20H25N5O/c1-12-10-25(13(2)9-21-12)11-16-8-18(15-4-6-17(26)7-5-15)22-20-19(16)14(3)23-24-20/h4-8,12-13,21,26H,9-11H2,1-3H3,(H,22,23,24)/t12-,13+/m1/s1. The lowest BCUT2D eigenvalue weighted by Gasteiger charge is -2.37. The van der Waals surface area contributed by atoms with Crippen molar-refractivity contribution in [1.29, 1.82) is 0 Å². The van der Waals surface area contributed by atoms with Gasteiger partial charge in [-0.3, -0.25) is 10.00 Å². The highest BCUT2D eigenvalue weighted by Gasteiger charge is 2.24. The maximum atomic E-state index is 9.55. The largest absolute Gasteiger partial charge is 0.508 e. The van der Waals surface area contributed by atoms with E-state index < -0.39 is 0 Å². The lowest BCUT2D eigenvalue weighted by molar-refractivity contribution is 0.139. The quantitative estimate of drug-likeness (QED) is 0.676. The van der Waals surface area contributed by atoms with Gasteiger partial charge in [0.25, 0.3) is 0 Å². The number of nitrogens with one attached hydrogen (secondary N) is 2.